The fourth-order valence-electron chi connectivity index (χ4n) is 2.54. The number of nitrogen functional groups attached to an aromatic ring is 1. The van der Waals surface area contributed by atoms with Crippen molar-refractivity contribution in [3.8, 4) is 6.07 Å². The zero-order valence-electron chi connectivity index (χ0n) is 11.4. The summed E-state index contributed by atoms with van der Waals surface area (Å²) >= 11 is 1.30. The Morgan fingerprint density at radius 3 is 2.68 bits per heavy atom. The smallest absolute Gasteiger partial charge is 0.171 e. The molecule has 1 aliphatic rings. The van der Waals surface area contributed by atoms with Crippen LogP contribution in [0.4, 0.5) is 10.7 Å². The summed E-state index contributed by atoms with van der Waals surface area (Å²) < 4.78 is 0. The van der Waals surface area contributed by atoms with E-state index in [1.54, 1.807) is 0 Å². The summed E-state index contributed by atoms with van der Waals surface area (Å²) in [5, 5.41) is 13.3. The highest BCUT2D eigenvalue weighted by molar-refractivity contribution is 7.18. The van der Waals surface area contributed by atoms with Gasteiger partial charge in [-0.05, 0) is 24.7 Å². The van der Waals surface area contributed by atoms with Gasteiger partial charge in [0.25, 0.3) is 0 Å². The zero-order valence-corrected chi connectivity index (χ0v) is 12.2. The van der Waals surface area contributed by atoms with Gasteiger partial charge in [-0.3, -0.25) is 4.79 Å². The van der Waals surface area contributed by atoms with Gasteiger partial charge in [-0.1, -0.05) is 13.3 Å². The molecule has 102 valence electrons. The van der Waals surface area contributed by atoms with Gasteiger partial charge in [0.05, 0.1) is 10.6 Å². The Balaban J connectivity index is 2.19. The third-order valence-electron chi connectivity index (χ3n) is 4.16. The Morgan fingerprint density at radius 1 is 1.58 bits per heavy atom. The van der Waals surface area contributed by atoms with Crippen LogP contribution in [0.1, 0.15) is 54.8 Å². The zero-order chi connectivity index (χ0) is 14.0. The van der Waals surface area contributed by atoms with Gasteiger partial charge < -0.3 is 11.1 Å². The fourth-order valence-corrected chi connectivity index (χ4v) is 3.50. The average molecular weight is 277 g/mol. The highest BCUT2D eigenvalue weighted by Gasteiger charge is 2.35. The van der Waals surface area contributed by atoms with Crippen molar-refractivity contribution in [3.05, 3.63) is 10.4 Å². The summed E-state index contributed by atoms with van der Waals surface area (Å²) in [5.74, 6) is -0.0825. The lowest BCUT2D eigenvalue weighted by molar-refractivity contribution is 0.102. The molecule has 5 heteroatoms. The van der Waals surface area contributed by atoms with Gasteiger partial charge in [0.15, 0.2) is 5.78 Å². The molecule has 0 aromatic carbocycles. The van der Waals surface area contributed by atoms with Crippen LogP contribution in [0.15, 0.2) is 0 Å². The van der Waals surface area contributed by atoms with E-state index in [4.69, 9.17) is 5.73 Å². The summed E-state index contributed by atoms with van der Waals surface area (Å²) in [6, 6.07) is 2.10. The highest BCUT2D eigenvalue weighted by Crippen LogP contribution is 2.44. The maximum atomic E-state index is 11.5. The minimum absolute atomic E-state index is 0.0825. The van der Waals surface area contributed by atoms with E-state index < -0.39 is 0 Å². The number of hydrogen-bond donors (Lipinski definition) is 2. The van der Waals surface area contributed by atoms with Crippen LogP contribution in [0.3, 0.4) is 0 Å². The van der Waals surface area contributed by atoms with Crippen molar-refractivity contribution in [1.82, 2.24) is 0 Å². The van der Waals surface area contributed by atoms with Crippen LogP contribution in [-0.4, -0.2) is 12.3 Å². The molecular formula is C14H19N3OS. The molecule has 1 aromatic rings. The minimum Gasteiger partial charge on any atom is -0.396 e. The molecule has 4 nitrogen and oxygen atoms in total. The van der Waals surface area contributed by atoms with Crippen LogP contribution in [0.5, 0.6) is 0 Å². The lowest BCUT2D eigenvalue weighted by Gasteiger charge is -2.41. The Bertz CT molecular complexity index is 532. The van der Waals surface area contributed by atoms with E-state index in [0.29, 0.717) is 21.5 Å². The molecule has 1 aliphatic carbocycles. The number of nitrogens with two attached hydrogens (primary N) is 1. The molecule has 0 bridgehead atoms. The maximum Gasteiger partial charge on any atom is 0.171 e. The third-order valence-corrected chi connectivity index (χ3v) is 5.43. The van der Waals surface area contributed by atoms with Crippen LogP contribution in [0.25, 0.3) is 0 Å². The number of thiophene rings is 1. The molecule has 2 rings (SSSR count). The Hall–Kier alpha value is -1.54. The second kappa shape index (κ2) is 5.22. The van der Waals surface area contributed by atoms with Gasteiger partial charge in [-0.15, -0.1) is 11.3 Å². The van der Waals surface area contributed by atoms with E-state index >= 15 is 0 Å². The molecule has 0 aliphatic heterocycles. The SMILES string of the molecule is CCC1(CNc2sc(C(C)=O)c(N)c2C#N)CCC1. The Morgan fingerprint density at radius 2 is 2.26 bits per heavy atom. The molecule has 1 saturated carbocycles. The van der Waals surface area contributed by atoms with Crippen LogP contribution in [-0.2, 0) is 0 Å². The van der Waals surface area contributed by atoms with Crippen LogP contribution < -0.4 is 11.1 Å². The predicted molar refractivity (Wildman–Crippen MR) is 78.5 cm³/mol. The normalized spacial score (nSPS) is 16.5. The van der Waals surface area contributed by atoms with E-state index in [0.717, 1.165) is 18.0 Å². The number of carbonyl (C=O) groups excluding carboxylic acids is 1. The second-order valence-corrected chi connectivity index (χ2v) is 6.30. The van der Waals surface area contributed by atoms with E-state index in [1.807, 2.05) is 0 Å². The number of ketones is 1. The number of anilines is 2. The first kappa shape index (κ1) is 13.9. The molecule has 1 aromatic heterocycles. The van der Waals surface area contributed by atoms with Gasteiger partial charge in [0, 0.05) is 13.5 Å². The predicted octanol–water partition coefficient (Wildman–Crippen LogP) is 3.40. The molecule has 3 N–H and O–H groups in total. The number of Topliss-reactive ketones (excluding diaryl/α,β-unsaturated/α-hetero) is 1. The Labute approximate surface area is 117 Å². The molecule has 1 heterocycles. The molecule has 0 saturated heterocycles. The van der Waals surface area contributed by atoms with Gasteiger partial charge >= 0.3 is 0 Å². The van der Waals surface area contributed by atoms with Crippen molar-refractivity contribution in [2.75, 3.05) is 17.6 Å². The van der Waals surface area contributed by atoms with E-state index in [2.05, 4.69) is 18.3 Å². The van der Waals surface area contributed by atoms with Gasteiger partial charge in [-0.25, -0.2) is 0 Å². The van der Waals surface area contributed by atoms with Crippen molar-refractivity contribution in [1.29, 1.82) is 5.26 Å². The van der Waals surface area contributed by atoms with E-state index in [1.165, 1.54) is 37.5 Å². The maximum absolute atomic E-state index is 11.5. The van der Waals surface area contributed by atoms with Crippen molar-refractivity contribution in [3.63, 3.8) is 0 Å². The summed E-state index contributed by atoms with van der Waals surface area (Å²) in [5.41, 5.74) is 6.96. The van der Waals surface area contributed by atoms with Crippen LogP contribution >= 0.6 is 11.3 Å². The third kappa shape index (κ3) is 2.45. The first-order chi connectivity index (χ1) is 9.03. The summed E-state index contributed by atoms with van der Waals surface area (Å²) in [4.78, 5) is 12.0. The number of nitrogens with zero attached hydrogens (tertiary/aromatic N) is 1. The molecule has 0 atom stereocenters. The second-order valence-electron chi connectivity index (χ2n) is 5.28. The van der Waals surface area contributed by atoms with Crippen molar-refractivity contribution in [2.45, 2.75) is 39.5 Å². The molecule has 0 unspecified atom stereocenters. The van der Waals surface area contributed by atoms with Gasteiger partial charge in [0.1, 0.15) is 16.6 Å². The standard InChI is InChI=1S/C14H19N3OS/c1-3-14(5-4-6-14)8-17-13-10(7-15)11(16)12(19-13)9(2)18/h17H,3-6,8,16H2,1-2H3. The largest absolute Gasteiger partial charge is 0.396 e. The summed E-state index contributed by atoms with van der Waals surface area (Å²) in [6.45, 7) is 4.54. The lowest BCUT2D eigenvalue weighted by atomic mass is 9.67. The quantitative estimate of drug-likeness (QED) is 0.808. The Kier molecular flexibility index (Phi) is 3.81. The molecule has 1 fully saturated rings. The van der Waals surface area contributed by atoms with Crippen molar-refractivity contribution in [2.24, 2.45) is 5.41 Å². The van der Waals surface area contributed by atoms with Crippen LogP contribution in [0.2, 0.25) is 0 Å². The van der Waals surface area contributed by atoms with Gasteiger partial charge in [-0.2, -0.15) is 5.26 Å². The summed E-state index contributed by atoms with van der Waals surface area (Å²) in [6.07, 6.45) is 4.89. The van der Waals surface area contributed by atoms with Crippen LogP contribution in [0, 0.1) is 16.7 Å². The van der Waals surface area contributed by atoms with Crippen molar-refractivity contribution >= 4 is 27.8 Å². The lowest BCUT2D eigenvalue weighted by Crippen LogP contribution is -2.35. The first-order valence-corrected chi connectivity index (χ1v) is 7.42. The number of rotatable bonds is 5. The molecular weight excluding hydrogens is 258 g/mol. The first-order valence-electron chi connectivity index (χ1n) is 6.60. The molecule has 0 amide bonds. The average Bonchev–Trinajstić information content (AvgIpc) is 2.65. The number of nitrogens with one attached hydrogen (secondary N) is 1. The number of carbonyl (C=O) groups is 1. The topological polar surface area (TPSA) is 78.9 Å². The minimum atomic E-state index is -0.0825. The van der Waals surface area contributed by atoms with E-state index in [9.17, 15) is 10.1 Å². The van der Waals surface area contributed by atoms with Gasteiger partial charge in [0.2, 0.25) is 0 Å². The summed E-state index contributed by atoms with van der Waals surface area (Å²) in [7, 11) is 0. The molecule has 0 spiro atoms. The monoisotopic (exact) mass is 277 g/mol. The number of nitriles is 1. The number of hydrogen-bond acceptors (Lipinski definition) is 5. The molecule has 19 heavy (non-hydrogen) atoms. The van der Waals surface area contributed by atoms with Crippen molar-refractivity contribution < 1.29 is 4.79 Å². The van der Waals surface area contributed by atoms with E-state index in [-0.39, 0.29) is 5.78 Å². The highest BCUT2D eigenvalue weighted by atomic mass is 32.1. The molecule has 0 radical (unpaired) electrons. The fraction of sp³-hybridized carbons (Fsp3) is 0.571.